The number of nitrogens with zero attached hydrogens (tertiary/aromatic N) is 1. The average molecular weight is 235 g/mol. The summed E-state index contributed by atoms with van der Waals surface area (Å²) in [5, 5.41) is 14.1. The molecule has 0 atom stereocenters. The fourth-order valence-electron chi connectivity index (χ4n) is 2.12. The van der Waals surface area contributed by atoms with Gasteiger partial charge in [0.05, 0.1) is 4.92 Å². The molecule has 5 nitrogen and oxygen atoms in total. The van der Waals surface area contributed by atoms with Crippen molar-refractivity contribution in [3.05, 3.63) is 33.9 Å². The van der Waals surface area contributed by atoms with Crippen LogP contribution in [0.2, 0.25) is 0 Å². The van der Waals surface area contributed by atoms with Crippen LogP contribution in [0.15, 0.2) is 18.2 Å². The Balaban J connectivity index is 2.15. The number of para-hydroxylation sites is 1. The number of nitro groups is 1. The normalized spacial score (nSPS) is 17.3. The first kappa shape index (κ1) is 11.9. The number of rotatable bonds is 4. The first-order valence-electron chi connectivity index (χ1n) is 5.79. The third kappa shape index (κ3) is 2.39. The van der Waals surface area contributed by atoms with Crippen molar-refractivity contribution in [1.29, 1.82) is 0 Å². The summed E-state index contributed by atoms with van der Waals surface area (Å²) in [5.74, 6) is 0. The van der Waals surface area contributed by atoms with Crippen molar-refractivity contribution in [2.24, 2.45) is 5.73 Å². The number of aryl methyl sites for hydroxylation is 1. The summed E-state index contributed by atoms with van der Waals surface area (Å²) in [6.07, 6.45) is 3.12. The van der Waals surface area contributed by atoms with E-state index in [0.717, 1.165) is 19.3 Å². The molecular weight excluding hydrogens is 218 g/mol. The van der Waals surface area contributed by atoms with Crippen molar-refractivity contribution in [3.63, 3.8) is 0 Å². The number of anilines is 1. The quantitative estimate of drug-likeness (QED) is 0.619. The van der Waals surface area contributed by atoms with Crippen LogP contribution in [-0.4, -0.2) is 17.0 Å². The van der Waals surface area contributed by atoms with Gasteiger partial charge in [-0.05, 0) is 32.3 Å². The molecule has 1 aliphatic carbocycles. The fourth-order valence-corrected chi connectivity index (χ4v) is 2.12. The maximum atomic E-state index is 11.0. The van der Waals surface area contributed by atoms with E-state index in [0.29, 0.717) is 17.8 Å². The van der Waals surface area contributed by atoms with Crippen molar-refractivity contribution in [2.75, 3.05) is 11.9 Å². The second-order valence-corrected chi connectivity index (χ2v) is 4.80. The molecular formula is C12H17N3O2. The Morgan fingerprint density at radius 1 is 1.53 bits per heavy atom. The molecule has 5 heteroatoms. The van der Waals surface area contributed by atoms with Gasteiger partial charge in [-0.15, -0.1) is 0 Å². The summed E-state index contributed by atoms with van der Waals surface area (Å²) >= 11 is 0. The molecule has 0 spiro atoms. The predicted molar refractivity (Wildman–Crippen MR) is 67.1 cm³/mol. The Morgan fingerprint density at radius 3 is 2.76 bits per heavy atom. The van der Waals surface area contributed by atoms with Gasteiger partial charge in [0.25, 0.3) is 5.69 Å². The largest absolute Gasteiger partial charge is 0.378 e. The first-order chi connectivity index (χ1) is 8.02. The van der Waals surface area contributed by atoms with Gasteiger partial charge in [0.15, 0.2) is 0 Å². The lowest BCUT2D eigenvalue weighted by atomic mass is 9.78. The zero-order valence-electron chi connectivity index (χ0n) is 9.90. The Morgan fingerprint density at radius 2 is 2.24 bits per heavy atom. The summed E-state index contributed by atoms with van der Waals surface area (Å²) in [6.45, 7) is 2.34. The second-order valence-electron chi connectivity index (χ2n) is 4.80. The molecule has 1 aromatic rings. The lowest BCUT2D eigenvalue weighted by Crippen LogP contribution is -2.52. The molecule has 92 valence electrons. The number of hydrogen-bond donors (Lipinski definition) is 2. The summed E-state index contributed by atoms with van der Waals surface area (Å²) in [4.78, 5) is 10.6. The van der Waals surface area contributed by atoms with Crippen LogP contribution < -0.4 is 11.1 Å². The van der Waals surface area contributed by atoms with Crippen molar-refractivity contribution in [2.45, 2.75) is 31.7 Å². The smallest absolute Gasteiger partial charge is 0.295 e. The zero-order valence-corrected chi connectivity index (χ0v) is 9.90. The average Bonchev–Trinajstić information content (AvgIpc) is 2.23. The highest BCUT2D eigenvalue weighted by Crippen LogP contribution is 2.32. The van der Waals surface area contributed by atoms with E-state index in [9.17, 15) is 10.1 Å². The number of hydrogen-bond acceptors (Lipinski definition) is 4. The fraction of sp³-hybridized carbons (Fsp3) is 0.500. The van der Waals surface area contributed by atoms with Gasteiger partial charge >= 0.3 is 0 Å². The van der Waals surface area contributed by atoms with E-state index in [4.69, 9.17) is 5.73 Å². The van der Waals surface area contributed by atoms with Gasteiger partial charge < -0.3 is 11.1 Å². The number of nitro benzene ring substituents is 1. The maximum absolute atomic E-state index is 11.0. The van der Waals surface area contributed by atoms with E-state index in [1.54, 1.807) is 19.1 Å². The van der Waals surface area contributed by atoms with Gasteiger partial charge in [-0.1, -0.05) is 12.1 Å². The van der Waals surface area contributed by atoms with Crippen LogP contribution in [0.5, 0.6) is 0 Å². The molecule has 1 aliphatic rings. The topological polar surface area (TPSA) is 81.2 Å². The van der Waals surface area contributed by atoms with Crippen molar-refractivity contribution in [1.82, 2.24) is 0 Å². The molecule has 0 aromatic heterocycles. The van der Waals surface area contributed by atoms with E-state index in [1.165, 1.54) is 0 Å². The molecule has 0 aliphatic heterocycles. The molecule has 1 saturated carbocycles. The van der Waals surface area contributed by atoms with Crippen LogP contribution in [0.4, 0.5) is 11.4 Å². The molecule has 0 amide bonds. The van der Waals surface area contributed by atoms with Gasteiger partial charge in [0.2, 0.25) is 0 Å². The lowest BCUT2D eigenvalue weighted by Gasteiger charge is -2.38. The summed E-state index contributed by atoms with van der Waals surface area (Å²) < 4.78 is 0. The maximum Gasteiger partial charge on any atom is 0.295 e. The number of nitrogens with one attached hydrogen (secondary N) is 1. The van der Waals surface area contributed by atoms with Gasteiger partial charge in [-0.2, -0.15) is 0 Å². The molecule has 0 heterocycles. The van der Waals surface area contributed by atoms with Crippen molar-refractivity contribution >= 4 is 11.4 Å². The number of nitrogens with two attached hydrogens (primary N) is 1. The molecule has 3 N–H and O–H groups in total. The summed E-state index contributed by atoms with van der Waals surface area (Å²) in [6, 6.07) is 5.28. The second kappa shape index (κ2) is 4.33. The third-order valence-electron chi connectivity index (χ3n) is 3.40. The minimum absolute atomic E-state index is 0.149. The van der Waals surface area contributed by atoms with Gasteiger partial charge in [-0.3, -0.25) is 10.1 Å². The molecule has 0 bridgehead atoms. The molecule has 0 unspecified atom stereocenters. The van der Waals surface area contributed by atoms with Gasteiger partial charge in [0.1, 0.15) is 5.69 Å². The van der Waals surface area contributed by atoms with Crippen LogP contribution >= 0.6 is 0 Å². The minimum atomic E-state index is -0.346. The molecule has 1 fully saturated rings. The highest BCUT2D eigenvalue weighted by atomic mass is 16.6. The number of benzene rings is 1. The highest BCUT2D eigenvalue weighted by molar-refractivity contribution is 5.65. The zero-order chi connectivity index (χ0) is 12.5. The first-order valence-corrected chi connectivity index (χ1v) is 5.79. The lowest BCUT2D eigenvalue weighted by molar-refractivity contribution is -0.384. The van der Waals surface area contributed by atoms with Crippen molar-refractivity contribution < 1.29 is 4.92 Å². The van der Waals surface area contributed by atoms with Crippen LogP contribution in [-0.2, 0) is 0 Å². The van der Waals surface area contributed by atoms with E-state index in [2.05, 4.69) is 5.32 Å². The van der Waals surface area contributed by atoms with Gasteiger partial charge in [0, 0.05) is 17.6 Å². The highest BCUT2D eigenvalue weighted by Gasteiger charge is 2.32. The third-order valence-corrected chi connectivity index (χ3v) is 3.40. The molecule has 0 saturated heterocycles. The Kier molecular flexibility index (Phi) is 3.02. The van der Waals surface area contributed by atoms with E-state index in [1.807, 2.05) is 6.07 Å². The summed E-state index contributed by atoms with van der Waals surface area (Å²) in [7, 11) is 0. The van der Waals surface area contributed by atoms with E-state index in [-0.39, 0.29) is 16.1 Å². The Hall–Kier alpha value is -1.62. The predicted octanol–water partition coefficient (Wildman–Crippen LogP) is 2.20. The van der Waals surface area contributed by atoms with Crippen LogP contribution in [0.25, 0.3) is 0 Å². The SMILES string of the molecule is Cc1cccc(NCC2(N)CCC2)c1[N+](=O)[O-]. The summed E-state index contributed by atoms with van der Waals surface area (Å²) in [5.41, 5.74) is 7.28. The molecule has 2 rings (SSSR count). The van der Waals surface area contributed by atoms with E-state index >= 15 is 0 Å². The molecule has 0 radical (unpaired) electrons. The van der Waals surface area contributed by atoms with Crippen molar-refractivity contribution in [3.8, 4) is 0 Å². The van der Waals surface area contributed by atoms with Crippen LogP contribution in [0.1, 0.15) is 24.8 Å². The van der Waals surface area contributed by atoms with Gasteiger partial charge in [-0.25, -0.2) is 0 Å². The van der Waals surface area contributed by atoms with Crippen LogP contribution in [0, 0.1) is 17.0 Å². The van der Waals surface area contributed by atoms with E-state index < -0.39 is 0 Å². The van der Waals surface area contributed by atoms with Crippen LogP contribution in [0.3, 0.4) is 0 Å². The molecule has 17 heavy (non-hydrogen) atoms. The molecule has 1 aromatic carbocycles. The Labute approximate surface area is 100 Å². The Bertz CT molecular complexity index is 441. The minimum Gasteiger partial charge on any atom is -0.378 e. The monoisotopic (exact) mass is 235 g/mol. The standard InChI is InChI=1S/C12H17N3O2/c1-9-4-2-5-10(11(9)15(16)17)14-8-12(13)6-3-7-12/h2,4-5,14H,3,6-8,13H2,1H3.